The summed E-state index contributed by atoms with van der Waals surface area (Å²) >= 11 is 1.45. The molecule has 24 heavy (non-hydrogen) atoms. The molecule has 122 valence electrons. The number of thiazole rings is 1. The summed E-state index contributed by atoms with van der Waals surface area (Å²) in [6, 6.07) is 13.9. The van der Waals surface area contributed by atoms with Crippen molar-refractivity contribution in [2.75, 3.05) is 7.11 Å². The Morgan fingerprint density at radius 2 is 1.92 bits per heavy atom. The van der Waals surface area contributed by atoms with Gasteiger partial charge in [-0.05, 0) is 24.3 Å². The Morgan fingerprint density at radius 1 is 1.17 bits per heavy atom. The number of carbonyl (C=O) groups is 1. The third-order valence-electron chi connectivity index (χ3n) is 3.36. The minimum Gasteiger partial charge on any atom is -0.507 e. The Labute approximate surface area is 143 Å². The molecule has 0 spiro atoms. The first-order chi connectivity index (χ1) is 11.7. The first kappa shape index (κ1) is 16.0. The molecule has 0 bridgehead atoms. The summed E-state index contributed by atoms with van der Waals surface area (Å²) in [4.78, 5) is 16.5. The maximum Gasteiger partial charge on any atom is 0.342 e. The van der Waals surface area contributed by atoms with Gasteiger partial charge < -0.3 is 14.6 Å². The molecule has 0 aliphatic rings. The molecular formula is C18H15NO4S. The molecule has 3 rings (SSSR count). The molecule has 1 heterocycles. The van der Waals surface area contributed by atoms with E-state index in [1.54, 1.807) is 19.2 Å². The van der Waals surface area contributed by atoms with Gasteiger partial charge in [-0.1, -0.05) is 24.3 Å². The van der Waals surface area contributed by atoms with Crippen molar-refractivity contribution in [3.8, 4) is 22.1 Å². The predicted molar refractivity (Wildman–Crippen MR) is 91.3 cm³/mol. The number of hydrogen-bond acceptors (Lipinski definition) is 6. The Balaban J connectivity index is 1.71. The molecule has 0 fully saturated rings. The van der Waals surface area contributed by atoms with Crippen LogP contribution in [-0.4, -0.2) is 23.2 Å². The van der Waals surface area contributed by atoms with Gasteiger partial charge in [0.2, 0.25) is 0 Å². The van der Waals surface area contributed by atoms with Crippen LogP contribution in [-0.2, 0) is 11.3 Å². The van der Waals surface area contributed by atoms with E-state index in [1.165, 1.54) is 23.5 Å². The topological polar surface area (TPSA) is 68.7 Å². The summed E-state index contributed by atoms with van der Waals surface area (Å²) in [5.74, 6) is 0.0556. The lowest BCUT2D eigenvalue weighted by Crippen LogP contribution is -2.05. The van der Waals surface area contributed by atoms with Crippen molar-refractivity contribution in [1.82, 2.24) is 4.98 Å². The van der Waals surface area contributed by atoms with Crippen LogP contribution in [0.5, 0.6) is 11.5 Å². The number of nitrogens with zero attached hydrogens (tertiary/aromatic N) is 1. The zero-order chi connectivity index (χ0) is 16.9. The lowest BCUT2D eigenvalue weighted by atomic mass is 10.2. The Morgan fingerprint density at radius 3 is 2.71 bits per heavy atom. The van der Waals surface area contributed by atoms with E-state index in [4.69, 9.17) is 9.47 Å². The highest BCUT2D eigenvalue weighted by molar-refractivity contribution is 7.13. The van der Waals surface area contributed by atoms with E-state index in [1.807, 2.05) is 29.6 Å². The van der Waals surface area contributed by atoms with Gasteiger partial charge in [0.25, 0.3) is 0 Å². The van der Waals surface area contributed by atoms with Crippen LogP contribution in [0, 0.1) is 0 Å². The molecule has 2 aromatic carbocycles. The SMILES string of the molecule is COc1ccccc1-c1nc(COC(=O)c2ccccc2O)cs1. The Hall–Kier alpha value is -2.86. The van der Waals surface area contributed by atoms with E-state index in [0.29, 0.717) is 5.69 Å². The molecule has 5 nitrogen and oxygen atoms in total. The highest BCUT2D eigenvalue weighted by atomic mass is 32.1. The second-order valence-electron chi connectivity index (χ2n) is 4.94. The van der Waals surface area contributed by atoms with Crippen LogP contribution in [0.4, 0.5) is 0 Å². The Bertz CT molecular complexity index is 859. The molecule has 6 heteroatoms. The van der Waals surface area contributed by atoms with Crippen LogP contribution in [0.1, 0.15) is 16.1 Å². The van der Waals surface area contributed by atoms with Gasteiger partial charge in [-0.2, -0.15) is 0 Å². The van der Waals surface area contributed by atoms with Crippen molar-refractivity contribution in [3.05, 3.63) is 65.2 Å². The normalized spacial score (nSPS) is 10.4. The van der Waals surface area contributed by atoms with E-state index in [0.717, 1.165) is 16.3 Å². The maximum atomic E-state index is 12.0. The van der Waals surface area contributed by atoms with Crippen molar-refractivity contribution in [3.63, 3.8) is 0 Å². The van der Waals surface area contributed by atoms with Gasteiger partial charge in [-0.15, -0.1) is 11.3 Å². The third kappa shape index (κ3) is 3.38. The fourth-order valence-corrected chi connectivity index (χ4v) is 3.02. The summed E-state index contributed by atoms with van der Waals surface area (Å²) in [6.45, 7) is 0.0405. The van der Waals surface area contributed by atoms with Crippen molar-refractivity contribution >= 4 is 17.3 Å². The molecule has 3 aromatic rings. The van der Waals surface area contributed by atoms with Gasteiger partial charge in [0.05, 0.1) is 18.4 Å². The summed E-state index contributed by atoms with van der Waals surface area (Å²) in [7, 11) is 1.61. The smallest absolute Gasteiger partial charge is 0.342 e. The first-order valence-electron chi connectivity index (χ1n) is 7.22. The molecular weight excluding hydrogens is 326 g/mol. The van der Waals surface area contributed by atoms with Crippen LogP contribution in [0.25, 0.3) is 10.6 Å². The van der Waals surface area contributed by atoms with Crippen molar-refractivity contribution < 1.29 is 19.4 Å². The third-order valence-corrected chi connectivity index (χ3v) is 4.29. The van der Waals surface area contributed by atoms with Crippen LogP contribution < -0.4 is 4.74 Å². The number of rotatable bonds is 5. The summed E-state index contributed by atoms with van der Waals surface area (Å²) in [6.07, 6.45) is 0. The molecule has 0 aliphatic heterocycles. The average Bonchev–Trinajstić information content (AvgIpc) is 3.09. The number of ether oxygens (including phenoxy) is 2. The minimum atomic E-state index is -0.583. The first-order valence-corrected chi connectivity index (χ1v) is 8.10. The van der Waals surface area contributed by atoms with Gasteiger partial charge in [0.15, 0.2) is 0 Å². The number of methoxy groups -OCH3 is 1. The fourth-order valence-electron chi connectivity index (χ4n) is 2.18. The zero-order valence-corrected chi connectivity index (χ0v) is 13.7. The van der Waals surface area contributed by atoms with Crippen LogP contribution in [0.2, 0.25) is 0 Å². The fraction of sp³-hybridized carbons (Fsp3) is 0.111. The highest BCUT2D eigenvalue weighted by Gasteiger charge is 2.14. The molecule has 0 aliphatic carbocycles. The van der Waals surface area contributed by atoms with Gasteiger partial charge in [-0.25, -0.2) is 9.78 Å². The quantitative estimate of drug-likeness (QED) is 0.713. The number of phenols is 1. The van der Waals surface area contributed by atoms with Gasteiger partial charge in [0.1, 0.15) is 28.7 Å². The molecule has 0 atom stereocenters. The van der Waals surface area contributed by atoms with Crippen LogP contribution >= 0.6 is 11.3 Å². The lowest BCUT2D eigenvalue weighted by molar-refractivity contribution is 0.0465. The van der Waals surface area contributed by atoms with Crippen LogP contribution in [0.3, 0.4) is 0 Å². The predicted octanol–water partition coefficient (Wildman–Crippen LogP) is 3.88. The van der Waals surface area contributed by atoms with Gasteiger partial charge >= 0.3 is 5.97 Å². The van der Waals surface area contributed by atoms with E-state index in [-0.39, 0.29) is 17.9 Å². The highest BCUT2D eigenvalue weighted by Crippen LogP contribution is 2.32. The zero-order valence-electron chi connectivity index (χ0n) is 12.9. The van der Waals surface area contributed by atoms with Crippen LogP contribution in [0.15, 0.2) is 53.9 Å². The number of para-hydroxylation sites is 2. The number of phenolic OH excluding ortho intramolecular Hbond substituents is 1. The molecule has 0 amide bonds. The number of benzene rings is 2. The van der Waals surface area contributed by atoms with Crippen molar-refractivity contribution in [1.29, 1.82) is 0 Å². The van der Waals surface area contributed by atoms with E-state index < -0.39 is 5.97 Å². The monoisotopic (exact) mass is 341 g/mol. The van der Waals surface area contributed by atoms with Crippen molar-refractivity contribution in [2.24, 2.45) is 0 Å². The Kier molecular flexibility index (Phi) is 4.77. The molecule has 0 saturated heterocycles. The molecule has 0 saturated carbocycles. The van der Waals surface area contributed by atoms with Gasteiger partial charge in [0, 0.05) is 5.38 Å². The number of aromatic nitrogens is 1. The van der Waals surface area contributed by atoms with E-state index in [9.17, 15) is 9.90 Å². The molecule has 0 unspecified atom stereocenters. The largest absolute Gasteiger partial charge is 0.507 e. The minimum absolute atomic E-state index is 0.0405. The van der Waals surface area contributed by atoms with E-state index in [2.05, 4.69) is 4.98 Å². The van der Waals surface area contributed by atoms with Crippen molar-refractivity contribution in [2.45, 2.75) is 6.61 Å². The number of esters is 1. The summed E-state index contributed by atoms with van der Waals surface area (Å²) < 4.78 is 10.5. The molecule has 1 N–H and O–H groups in total. The molecule has 0 radical (unpaired) electrons. The maximum absolute atomic E-state index is 12.0. The summed E-state index contributed by atoms with van der Waals surface area (Å²) in [5, 5.41) is 12.3. The van der Waals surface area contributed by atoms with E-state index >= 15 is 0 Å². The summed E-state index contributed by atoms with van der Waals surface area (Å²) in [5.41, 5.74) is 1.67. The number of carbonyl (C=O) groups excluding carboxylic acids is 1. The molecule has 1 aromatic heterocycles. The average molecular weight is 341 g/mol. The standard InChI is InChI=1S/C18H15NO4S/c1-22-16-9-5-3-7-14(16)17-19-12(11-24-17)10-23-18(21)13-6-2-4-8-15(13)20/h2-9,11,20H,10H2,1H3. The number of aromatic hydroxyl groups is 1. The van der Waals surface area contributed by atoms with Gasteiger partial charge in [-0.3, -0.25) is 0 Å². The second-order valence-corrected chi connectivity index (χ2v) is 5.80. The number of hydrogen-bond donors (Lipinski definition) is 1. The second kappa shape index (κ2) is 7.14. The lowest BCUT2D eigenvalue weighted by Gasteiger charge is -2.05.